The van der Waals surface area contributed by atoms with Gasteiger partial charge in [-0.05, 0) is 57.8 Å². The molecule has 0 spiro atoms. The second kappa shape index (κ2) is 6.81. The van der Waals surface area contributed by atoms with Crippen LogP contribution < -0.4 is 10.6 Å². The Kier molecular flexibility index (Phi) is 5.69. The number of halogens is 1. The molecule has 2 unspecified atom stereocenters. The molecule has 1 aromatic heterocycles. The maximum Gasteiger partial charge on any atom is 0.287 e. The predicted octanol–water partition coefficient (Wildman–Crippen LogP) is 2.13. The van der Waals surface area contributed by atoms with Crippen LogP contribution in [0.5, 0.6) is 0 Å². The standard InChI is InChI=1S/C13H20N2O2.ClH/c1-9-5-6-12(17-9)13(16)15-10(2)11-4-3-7-14-8-11;/h5-6,10-11,14H,3-4,7-8H2,1-2H3,(H,15,16);1H. The Balaban J connectivity index is 0.00000162. The lowest BCUT2D eigenvalue weighted by atomic mass is 9.93. The maximum atomic E-state index is 11.9. The molecule has 2 N–H and O–H groups in total. The lowest BCUT2D eigenvalue weighted by Crippen LogP contribution is -2.44. The van der Waals surface area contributed by atoms with Gasteiger partial charge in [0.1, 0.15) is 5.76 Å². The van der Waals surface area contributed by atoms with Crippen molar-refractivity contribution in [2.75, 3.05) is 13.1 Å². The van der Waals surface area contributed by atoms with Crippen molar-refractivity contribution >= 4 is 18.3 Å². The highest BCUT2D eigenvalue weighted by Gasteiger charge is 2.22. The summed E-state index contributed by atoms with van der Waals surface area (Å²) in [6.07, 6.45) is 2.36. The number of carbonyl (C=O) groups is 1. The van der Waals surface area contributed by atoms with Gasteiger partial charge in [0.15, 0.2) is 5.76 Å². The molecular weight excluding hydrogens is 252 g/mol. The molecule has 4 nitrogen and oxygen atoms in total. The number of rotatable bonds is 3. The number of amides is 1. The topological polar surface area (TPSA) is 54.3 Å². The second-order valence-electron chi connectivity index (χ2n) is 4.78. The number of carbonyl (C=O) groups excluding carboxylic acids is 1. The molecule has 0 aliphatic carbocycles. The van der Waals surface area contributed by atoms with Crippen LogP contribution in [0, 0.1) is 12.8 Å². The van der Waals surface area contributed by atoms with Gasteiger partial charge in [0.25, 0.3) is 5.91 Å². The van der Waals surface area contributed by atoms with Gasteiger partial charge in [0.2, 0.25) is 0 Å². The van der Waals surface area contributed by atoms with Crippen LogP contribution in [-0.2, 0) is 0 Å². The number of nitrogens with one attached hydrogen (secondary N) is 2. The molecule has 2 rings (SSSR count). The van der Waals surface area contributed by atoms with Crippen molar-refractivity contribution in [3.8, 4) is 0 Å². The minimum absolute atomic E-state index is 0. The maximum absolute atomic E-state index is 11.9. The van der Waals surface area contributed by atoms with Crippen LogP contribution in [0.2, 0.25) is 0 Å². The second-order valence-corrected chi connectivity index (χ2v) is 4.78. The summed E-state index contributed by atoms with van der Waals surface area (Å²) in [5, 5.41) is 6.36. The van der Waals surface area contributed by atoms with Crippen molar-refractivity contribution in [3.63, 3.8) is 0 Å². The quantitative estimate of drug-likeness (QED) is 0.886. The van der Waals surface area contributed by atoms with Gasteiger partial charge in [-0.2, -0.15) is 0 Å². The van der Waals surface area contributed by atoms with Gasteiger partial charge < -0.3 is 15.1 Å². The van der Waals surface area contributed by atoms with Crippen molar-refractivity contribution < 1.29 is 9.21 Å². The van der Waals surface area contributed by atoms with Gasteiger partial charge in [0, 0.05) is 6.04 Å². The third-order valence-electron chi connectivity index (χ3n) is 3.37. The lowest BCUT2D eigenvalue weighted by Gasteiger charge is -2.28. The summed E-state index contributed by atoms with van der Waals surface area (Å²) in [7, 11) is 0. The smallest absolute Gasteiger partial charge is 0.287 e. The van der Waals surface area contributed by atoms with Gasteiger partial charge >= 0.3 is 0 Å². The Hall–Kier alpha value is -1.00. The van der Waals surface area contributed by atoms with E-state index in [1.807, 2.05) is 13.0 Å². The van der Waals surface area contributed by atoms with E-state index in [0.717, 1.165) is 18.8 Å². The first kappa shape index (κ1) is 15.1. The van der Waals surface area contributed by atoms with Gasteiger partial charge in [-0.15, -0.1) is 12.4 Å². The van der Waals surface area contributed by atoms with E-state index in [1.165, 1.54) is 12.8 Å². The van der Waals surface area contributed by atoms with E-state index in [1.54, 1.807) is 6.07 Å². The molecule has 1 aliphatic heterocycles. The molecule has 18 heavy (non-hydrogen) atoms. The van der Waals surface area contributed by atoms with Crippen molar-refractivity contribution in [1.29, 1.82) is 0 Å². The van der Waals surface area contributed by atoms with Crippen LogP contribution in [-0.4, -0.2) is 25.0 Å². The number of hydrogen-bond donors (Lipinski definition) is 2. The molecule has 0 radical (unpaired) electrons. The minimum atomic E-state index is -0.115. The Morgan fingerprint density at radius 1 is 1.56 bits per heavy atom. The van der Waals surface area contributed by atoms with E-state index in [4.69, 9.17) is 4.42 Å². The van der Waals surface area contributed by atoms with Crippen molar-refractivity contribution in [2.45, 2.75) is 32.7 Å². The Bertz CT molecular complexity index is 386. The molecule has 1 aromatic rings. The molecule has 1 amide bonds. The van der Waals surface area contributed by atoms with Crippen molar-refractivity contribution in [3.05, 3.63) is 23.7 Å². The summed E-state index contributed by atoms with van der Waals surface area (Å²) in [6.45, 7) is 5.98. The average molecular weight is 273 g/mol. The lowest BCUT2D eigenvalue weighted by molar-refractivity contribution is 0.0892. The normalized spacial score (nSPS) is 20.9. The summed E-state index contributed by atoms with van der Waals surface area (Å²) in [6, 6.07) is 3.71. The van der Waals surface area contributed by atoms with Crippen LogP contribution in [0.1, 0.15) is 36.1 Å². The SMILES string of the molecule is Cc1ccc(C(=O)NC(C)C2CCCNC2)o1.Cl. The molecule has 102 valence electrons. The molecule has 1 fully saturated rings. The summed E-state index contributed by atoms with van der Waals surface area (Å²) >= 11 is 0. The first-order valence-electron chi connectivity index (χ1n) is 6.25. The van der Waals surface area contributed by atoms with Crippen LogP contribution in [0.3, 0.4) is 0 Å². The fourth-order valence-electron chi connectivity index (χ4n) is 2.26. The fourth-order valence-corrected chi connectivity index (χ4v) is 2.26. The van der Waals surface area contributed by atoms with E-state index >= 15 is 0 Å². The molecule has 5 heteroatoms. The Morgan fingerprint density at radius 2 is 2.33 bits per heavy atom. The monoisotopic (exact) mass is 272 g/mol. The highest BCUT2D eigenvalue weighted by atomic mass is 35.5. The average Bonchev–Trinajstić information content (AvgIpc) is 2.77. The highest BCUT2D eigenvalue weighted by molar-refractivity contribution is 5.91. The summed E-state index contributed by atoms with van der Waals surface area (Å²) in [4.78, 5) is 11.9. The first-order valence-corrected chi connectivity index (χ1v) is 6.25. The van der Waals surface area contributed by atoms with Crippen LogP contribution in [0.4, 0.5) is 0 Å². The van der Waals surface area contributed by atoms with Gasteiger partial charge in [-0.3, -0.25) is 4.79 Å². The van der Waals surface area contributed by atoms with Crippen LogP contribution in [0.25, 0.3) is 0 Å². The predicted molar refractivity (Wildman–Crippen MR) is 73.2 cm³/mol. The molecule has 2 atom stereocenters. The van der Waals surface area contributed by atoms with Crippen LogP contribution in [0.15, 0.2) is 16.5 Å². The number of piperidine rings is 1. The van der Waals surface area contributed by atoms with Gasteiger partial charge in [-0.25, -0.2) is 0 Å². The van der Waals surface area contributed by atoms with E-state index in [9.17, 15) is 4.79 Å². The zero-order valence-electron chi connectivity index (χ0n) is 10.9. The fraction of sp³-hybridized carbons (Fsp3) is 0.615. The molecule has 0 saturated carbocycles. The van der Waals surface area contributed by atoms with Crippen molar-refractivity contribution in [2.24, 2.45) is 5.92 Å². The molecule has 0 aromatic carbocycles. The third-order valence-corrected chi connectivity index (χ3v) is 3.37. The van der Waals surface area contributed by atoms with E-state index in [-0.39, 0.29) is 24.4 Å². The van der Waals surface area contributed by atoms with Crippen LogP contribution >= 0.6 is 12.4 Å². The zero-order chi connectivity index (χ0) is 12.3. The highest BCUT2D eigenvalue weighted by Crippen LogP contribution is 2.15. The molecule has 2 heterocycles. The number of aryl methyl sites for hydroxylation is 1. The van der Waals surface area contributed by atoms with Gasteiger partial charge in [-0.1, -0.05) is 0 Å². The van der Waals surface area contributed by atoms with Gasteiger partial charge in [0.05, 0.1) is 0 Å². The summed E-state index contributed by atoms with van der Waals surface area (Å²) < 4.78 is 5.31. The van der Waals surface area contributed by atoms with E-state index in [2.05, 4.69) is 17.6 Å². The third kappa shape index (κ3) is 3.75. The Morgan fingerprint density at radius 3 is 2.89 bits per heavy atom. The van der Waals surface area contributed by atoms with E-state index < -0.39 is 0 Å². The Labute approximate surface area is 114 Å². The molecular formula is C13H21ClN2O2. The molecule has 1 saturated heterocycles. The zero-order valence-corrected chi connectivity index (χ0v) is 11.7. The minimum Gasteiger partial charge on any atom is -0.456 e. The summed E-state index contributed by atoms with van der Waals surface area (Å²) in [5.41, 5.74) is 0. The molecule has 0 bridgehead atoms. The largest absolute Gasteiger partial charge is 0.456 e. The molecule has 1 aliphatic rings. The first-order chi connectivity index (χ1) is 8.16. The van der Waals surface area contributed by atoms with Crippen molar-refractivity contribution in [1.82, 2.24) is 10.6 Å². The number of hydrogen-bond acceptors (Lipinski definition) is 3. The number of furan rings is 1. The summed E-state index contributed by atoms with van der Waals surface area (Å²) in [5.74, 6) is 1.57. The van der Waals surface area contributed by atoms with E-state index in [0.29, 0.717) is 11.7 Å².